The van der Waals surface area contributed by atoms with E-state index in [-0.39, 0.29) is 22.6 Å². The molecule has 0 radical (unpaired) electrons. The van der Waals surface area contributed by atoms with Crippen LogP contribution in [0.15, 0.2) is 23.1 Å². The van der Waals surface area contributed by atoms with Gasteiger partial charge in [-0.05, 0) is 68.7 Å². The molecule has 2 heterocycles. The Morgan fingerprint density at radius 3 is 2.43 bits per heavy atom. The highest BCUT2D eigenvalue weighted by Crippen LogP contribution is 2.25. The third-order valence-corrected chi connectivity index (χ3v) is 6.50. The van der Waals surface area contributed by atoms with Crippen LogP contribution in [0.1, 0.15) is 46.4 Å². The van der Waals surface area contributed by atoms with Crippen LogP contribution in [0.3, 0.4) is 0 Å². The topological polar surface area (TPSA) is 104 Å². The highest BCUT2D eigenvalue weighted by molar-refractivity contribution is 7.89. The molecule has 0 unspecified atom stereocenters. The van der Waals surface area contributed by atoms with Crippen molar-refractivity contribution < 1.29 is 22.8 Å². The Morgan fingerprint density at radius 2 is 1.75 bits per heavy atom. The number of nitrogens with zero attached hydrogens (tertiary/aromatic N) is 2. The molecule has 8 nitrogen and oxygen atoms in total. The predicted molar refractivity (Wildman–Crippen MR) is 103 cm³/mol. The van der Waals surface area contributed by atoms with Gasteiger partial charge in [-0.3, -0.25) is 19.3 Å². The van der Waals surface area contributed by atoms with E-state index in [0.29, 0.717) is 11.3 Å². The van der Waals surface area contributed by atoms with E-state index in [2.05, 4.69) is 9.62 Å². The summed E-state index contributed by atoms with van der Waals surface area (Å²) >= 11 is 5.27. The van der Waals surface area contributed by atoms with Crippen LogP contribution in [-0.2, 0) is 14.8 Å². The monoisotopic (exact) mass is 427 g/mol. The number of fused-ring (bicyclic) bond motifs is 1. The number of benzene rings is 1. The fourth-order valence-corrected chi connectivity index (χ4v) is 4.70. The minimum absolute atomic E-state index is 0.0425. The van der Waals surface area contributed by atoms with Crippen LogP contribution in [0, 0.1) is 0 Å². The van der Waals surface area contributed by atoms with E-state index in [1.807, 2.05) is 0 Å². The lowest BCUT2D eigenvalue weighted by Gasteiger charge is -2.26. The number of sulfonamides is 1. The SMILES string of the molecule is O=C(Cl)CN1C(=O)c2ccc(S(=O)(=O)NCCCN3CCCCC3)cc2C1=O. The lowest BCUT2D eigenvalue weighted by Crippen LogP contribution is -2.33. The number of piperidine rings is 1. The molecule has 1 fully saturated rings. The van der Waals surface area contributed by atoms with Crippen LogP contribution in [0.25, 0.3) is 0 Å². The third-order valence-electron chi connectivity index (χ3n) is 4.93. The van der Waals surface area contributed by atoms with Gasteiger partial charge < -0.3 is 4.90 Å². The second kappa shape index (κ2) is 8.69. The normalized spacial score (nSPS) is 17.8. The van der Waals surface area contributed by atoms with Gasteiger partial charge in [0.15, 0.2) is 0 Å². The van der Waals surface area contributed by atoms with Crippen LogP contribution < -0.4 is 4.72 Å². The van der Waals surface area contributed by atoms with Crippen LogP contribution >= 0.6 is 11.6 Å². The highest BCUT2D eigenvalue weighted by atomic mass is 35.5. The Morgan fingerprint density at radius 1 is 1.07 bits per heavy atom. The Hall–Kier alpha value is -1.81. The van der Waals surface area contributed by atoms with Gasteiger partial charge in [-0.1, -0.05) is 6.42 Å². The molecule has 2 amide bonds. The van der Waals surface area contributed by atoms with E-state index in [1.165, 1.54) is 37.5 Å². The van der Waals surface area contributed by atoms with E-state index >= 15 is 0 Å². The third kappa shape index (κ3) is 4.60. The average Bonchev–Trinajstić information content (AvgIpc) is 2.90. The van der Waals surface area contributed by atoms with Crippen LogP contribution in [0.4, 0.5) is 0 Å². The first kappa shape index (κ1) is 20.9. The van der Waals surface area contributed by atoms with Gasteiger partial charge in [-0.25, -0.2) is 13.1 Å². The van der Waals surface area contributed by atoms with Gasteiger partial charge in [0, 0.05) is 6.54 Å². The number of imide groups is 1. The number of carbonyl (C=O) groups excluding carboxylic acids is 3. The maximum Gasteiger partial charge on any atom is 0.262 e. The quantitative estimate of drug-likeness (QED) is 0.380. The highest BCUT2D eigenvalue weighted by Gasteiger charge is 2.37. The van der Waals surface area contributed by atoms with Crippen molar-refractivity contribution in [3.8, 4) is 0 Å². The molecule has 1 aromatic rings. The van der Waals surface area contributed by atoms with Crippen molar-refractivity contribution in [3.05, 3.63) is 29.3 Å². The van der Waals surface area contributed by atoms with E-state index in [1.54, 1.807) is 0 Å². The molecule has 0 saturated carbocycles. The van der Waals surface area contributed by atoms with Crippen LogP contribution in [0.5, 0.6) is 0 Å². The Balaban J connectivity index is 1.64. The first-order chi connectivity index (χ1) is 13.3. The molecule has 10 heteroatoms. The van der Waals surface area contributed by atoms with Gasteiger partial charge in [0.25, 0.3) is 11.8 Å². The van der Waals surface area contributed by atoms with Crippen LogP contribution in [0.2, 0.25) is 0 Å². The summed E-state index contributed by atoms with van der Waals surface area (Å²) in [5.41, 5.74) is 0.0195. The first-order valence-corrected chi connectivity index (χ1v) is 11.1. The van der Waals surface area contributed by atoms with Crippen molar-refractivity contribution in [2.45, 2.75) is 30.6 Å². The molecule has 0 atom stereocenters. The number of rotatable bonds is 8. The molecule has 28 heavy (non-hydrogen) atoms. The largest absolute Gasteiger partial charge is 0.303 e. The number of nitrogens with one attached hydrogen (secondary N) is 1. The fraction of sp³-hybridized carbons (Fsp3) is 0.500. The Labute approximate surface area is 168 Å². The van der Waals surface area contributed by atoms with Crippen molar-refractivity contribution in [1.82, 2.24) is 14.5 Å². The van der Waals surface area contributed by atoms with Gasteiger partial charge in [0.1, 0.15) is 6.54 Å². The maximum atomic E-state index is 12.5. The number of hydrogen-bond acceptors (Lipinski definition) is 6. The van der Waals surface area contributed by atoms with Crippen molar-refractivity contribution >= 4 is 38.7 Å². The summed E-state index contributed by atoms with van der Waals surface area (Å²) in [4.78, 5) is 38.5. The minimum Gasteiger partial charge on any atom is -0.303 e. The summed E-state index contributed by atoms with van der Waals surface area (Å²) in [5, 5.41) is -0.849. The zero-order valence-corrected chi connectivity index (χ0v) is 16.9. The summed E-state index contributed by atoms with van der Waals surface area (Å²) in [6.07, 6.45) is 4.30. The molecule has 2 aliphatic heterocycles. The molecule has 0 bridgehead atoms. The van der Waals surface area contributed by atoms with E-state index in [4.69, 9.17) is 11.6 Å². The van der Waals surface area contributed by atoms with Crippen LogP contribution in [-0.4, -0.2) is 68.0 Å². The second-order valence-electron chi connectivity index (χ2n) is 6.91. The molecule has 0 aliphatic carbocycles. The molecule has 0 aromatic heterocycles. The van der Waals surface area contributed by atoms with Gasteiger partial charge in [0.05, 0.1) is 16.0 Å². The molecule has 1 saturated heterocycles. The number of likely N-dealkylation sites (tertiary alicyclic amines) is 1. The standard InChI is InChI=1S/C18H22ClN3O5S/c19-16(23)12-22-17(24)14-6-5-13(11-15(14)18(22)25)28(26,27)20-7-4-10-21-8-2-1-3-9-21/h5-6,11,20H,1-4,7-10,12H2. The molecule has 152 valence electrons. The average molecular weight is 428 g/mol. The Kier molecular flexibility index (Phi) is 6.49. The summed E-state index contributed by atoms with van der Waals surface area (Å²) in [7, 11) is -3.81. The van der Waals surface area contributed by atoms with E-state index in [0.717, 1.165) is 19.6 Å². The molecule has 1 aromatic carbocycles. The summed E-state index contributed by atoms with van der Waals surface area (Å²) in [6.45, 7) is 2.67. The smallest absolute Gasteiger partial charge is 0.262 e. The number of carbonyl (C=O) groups is 3. The first-order valence-electron chi connectivity index (χ1n) is 9.20. The molecule has 2 aliphatic rings. The summed E-state index contributed by atoms with van der Waals surface area (Å²) < 4.78 is 27.6. The minimum atomic E-state index is -3.81. The number of halogens is 1. The van der Waals surface area contributed by atoms with Crippen molar-refractivity contribution in [2.75, 3.05) is 32.7 Å². The number of hydrogen-bond donors (Lipinski definition) is 1. The van der Waals surface area contributed by atoms with Gasteiger partial charge in [-0.15, -0.1) is 0 Å². The van der Waals surface area contributed by atoms with Crippen molar-refractivity contribution in [2.24, 2.45) is 0 Å². The van der Waals surface area contributed by atoms with Gasteiger partial charge in [-0.2, -0.15) is 0 Å². The fourth-order valence-electron chi connectivity index (χ4n) is 3.48. The molecule has 3 rings (SSSR count). The zero-order valence-electron chi connectivity index (χ0n) is 15.3. The second-order valence-corrected chi connectivity index (χ2v) is 9.10. The lowest BCUT2D eigenvalue weighted by atomic mass is 10.1. The summed E-state index contributed by atoms with van der Waals surface area (Å²) in [6, 6.07) is 3.74. The number of amides is 2. The molecule has 0 spiro atoms. The zero-order chi connectivity index (χ0) is 20.3. The van der Waals surface area contributed by atoms with E-state index < -0.39 is 33.6 Å². The molecular weight excluding hydrogens is 406 g/mol. The summed E-state index contributed by atoms with van der Waals surface area (Å²) in [5.74, 6) is -1.39. The van der Waals surface area contributed by atoms with Gasteiger partial charge >= 0.3 is 0 Å². The van der Waals surface area contributed by atoms with Gasteiger partial charge in [0.2, 0.25) is 15.3 Å². The maximum absolute atomic E-state index is 12.5. The molecule has 1 N–H and O–H groups in total. The Bertz CT molecular complexity index is 896. The lowest BCUT2D eigenvalue weighted by molar-refractivity contribution is -0.112. The van der Waals surface area contributed by atoms with E-state index in [9.17, 15) is 22.8 Å². The molecular formula is C18H22ClN3O5S. The predicted octanol–water partition coefficient (Wildman–Crippen LogP) is 1.20. The van der Waals surface area contributed by atoms with Crippen molar-refractivity contribution in [1.29, 1.82) is 0 Å². The van der Waals surface area contributed by atoms with Crippen molar-refractivity contribution in [3.63, 3.8) is 0 Å².